The molecule has 0 N–H and O–H groups in total. The fraction of sp³-hybridized carbons (Fsp3) is 0.0280. The summed E-state index contributed by atoms with van der Waals surface area (Å²) >= 11 is 0. The number of anilines is 6. The van der Waals surface area contributed by atoms with Gasteiger partial charge in [-0.3, -0.25) is 0 Å². The van der Waals surface area contributed by atoms with Crippen molar-refractivity contribution in [2.45, 2.75) is 19.3 Å². The van der Waals surface area contributed by atoms with E-state index < -0.39 is 0 Å². The zero-order chi connectivity index (χ0) is 76.3. The molecule has 0 saturated heterocycles. The van der Waals surface area contributed by atoms with Crippen LogP contribution >= 0.6 is 0 Å². The lowest BCUT2D eigenvalue weighted by molar-refractivity contribution is 0.660. The molecule has 7 nitrogen and oxygen atoms in total. The Bertz CT molecular complexity index is 6630. The average molecular weight is 1460 g/mol. The number of benzene rings is 16. The first-order chi connectivity index (χ1) is 56.3. The second kappa shape index (κ2) is 30.5. The van der Waals surface area contributed by atoms with Crippen LogP contribution in [0.3, 0.4) is 0 Å². The number of aromatic nitrogens is 5. The van der Waals surface area contributed by atoms with Crippen LogP contribution in [0.5, 0.6) is 0 Å². The van der Waals surface area contributed by atoms with Gasteiger partial charge in [0, 0.05) is 78.3 Å². The molecule has 0 unspecified atom stereocenters. The van der Waals surface area contributed by atoms with Crippen LogP contribution in [0.4, 0.5) is 34.1 Å². The van der Waals surface area contributed by atoms with Crippen molar-refractivity contribution in [3.8, 4) is 117 Å². The third-order valence-corrected chi connectivity index (χ3v) is 22.1. The topological polar surface area (TPSA) is 63.0 Å². The Morgan fingerprint density at radius 3 is 1.01 bits per heavy atom. The molecule has 0 radical (unpaired) electrons. The van der Waals surface area contributed by atoms with Crippen molar-refractivity contribution in [3.05, 3.63) is 442 Å². The van der Waals surface area contributed by atoms with Gasteiger partial charge in [0.25, 0.3) is 0 Å². The molecule has 20 rings (SSSR count). The molecule has 16 aromatic carbocycles. The molecule has 0 atom stereocenters. The van der Waals surface area contributed by atoms with Crippen molar-refractivity contribution in [3.63, 3.8) is 0 Å². The van der Waals surface area contributed by atoms with Crippen molar-refractivity contribution in [2.75, 3.05) is 9.80 Å². The molecule has 3 aromatic heterocycles. The molecule has 19 aromatic rings. The highest BCUT2D eigenvalue weighted by molar-refractivity contribution is 6.10. The third kappa shape index (κ3) is 13.8. The minimum atomic E-state index is -0.108. The minimum absolute atomic E-state index is 0.108. The van der Waals surface area contributed by atoms with Gasteiger partial charge in [-0.2, -0.15) is 0 Å². The van der Waals surface area contributed by atoms with Gasteiger partial charge < -0.3 is 14.4 Å². The monoisotopic (exact) mass is 1460 g/mol. The second-order valence-corrected chi connectivity index (χ2v) is 29.4. The number of nitrogens with zero attached hydrogens (tertiary/aromatic N) is 7. The van der Waals surface area contributed by atoms with E-state index in [0.29, 0.717) is 0 Å². The first-order valence-electron chi connectivity index (χ1n) is 38.8. The Labute approximate surface area is 665 Å². The SMILES string of the molecule is CC1(C)c2ccccc2-c2ccc(N(c3ccc(-c4ccccc4)cc3)c3cccc(-c4cc(-c5ccc(-c6ccccc6)cc5)ncn4)c3)cc21.c1ccc(-c2ccc(-c3cc(-c4cccc(N(c5ccc(-c6ccccc6)cc5)c5ccc(-c6ccc7c(c6)c6ccccc6n7-c6ccccc6)cc5)c4)ncn3)cc2)cc1. The van der Waals surface area contributed by atoms with Gasteiger partial charge in [-0.1, -0.05) is 317 Å². The van der Waals surface area contributed by atoms with E-state index in [1.54, 1.807) is 12.7 Å². The van der Waals surface area contributed by atoms with Crippen LogP contribution in [0.1, 0.15) is 25.0 Å². The van der Waals surface area contributed by atoms with Crippen molar-refractivity contribution in [1.82, 2.24) is 24.5 Å². The fourth-order valence-electron chi connectivity index (χ4n) is 16.3. The average Bonchev–Trinajstić information content (AvgIpc) is 1.58. The lowest BCUT2D eigenvalue weighted by atomic mass is 9.82. The molecule has 0 amide bonds. The molecule has 7 heteroatoms. The van der Waals surface area contributed by atoms with Crippen LogP contribution in [-0.2, 0) is 5.41 Å². The van der Waals surface area contributed by atoms with Gasteiger partial charge >= 0.3 is 0 Å². The van der Waals surface area contributed by atoms with Gasteiger partial charge in [-0.15, -0.1) is 0 Å². The quantitative estimate of drug-likeness (QED) is 0.0961. The van der Waals surface area contributed by atoms with Gasteiger partial charge in [0.15, 0.2) is 0 Å². The van der Waals surface area contributed by atoms with Crippen LogP contribution in [0, 0.1) is 0 Å². The number of rotatable bonds is 16. The van der Waals surface area contributed by atoms with Gasteiger partial charge in [0.05, 0.1) is 33.8 Å². The van der Waals surface area contributed by atoms with E-state index >= 15 is 0 Å². The van der Waals surface area contributed by atoms with Crippen molar-refractivity contribution in [1.29, 1.82) is 0 Å². The number of para-hydroxylation sites is 2. The zero-order valence-electron chi connectivity index (χ0n) is 63.1. The molecule has 114 heavy (non-hydrogen) atoms. The van der Waals surface area contributed by atoms with E-state index in [-0.39, 0.29) is 5.41 Å². The van der Waals surface area contributed by atoms with E-state index in [4.69, 9.17) is 9.97 Å². The summed E-state index contributed by atoms with van der Waals surface area (Å²) in [5.41, 5.74) is 34.7. The summed E-state index contributed by atoms with van der Waals surface area (Å²) in [7, 11) is 0. The smallest absolute Gasteiger partial charge is 0.116 e. The first-order valence-corrected chi connectivity index (χ1v) is 38.8. The summed E-state index contributed by atoms with van der Waals surface area (Å²) in [4.78, 5) is 23.5. The highest BCUT2D eigenvalue weighted by Gasteiger charge is 2.36. The molecule has 1 aliphatic carbocycles. The van der Waals surface area contributed by atoms with E-state index in [1.807, 2.05) is 12.1 Å². The van der Waals surface area contributed by atoms with Crippen LogP contribution < -0.4 is 9.80 Å². The Morgan fingerprint density at radius 2 is 0.535 bits per heavy atom. The molecule has 3 heterocycles. The Hall–Kier alpha value is -14.9. The number of fused-ring (bicyclic) bond motifs is 6. The Kier molecular flexibility index (Phi) is 18.6. The summed E-state index contributed by atoms with van der Waals surface area (Å²) in [6.07, 6.45) is 3.33. The first kappa shape index (κ1) is 69.5. The standard InChI is InChI=1S/C58H40N4.C49H37N3/c1-4-13-41(14-5-1)43-23-25-46(26-24-43)55-39-56(60-40-59-55)48-17-12-20-52(37-48)61(50-32-27-44(28-33-50)42-15-6-2-7-16-42)51-34-29-45(30-35-51)47-31-36-58-54(38-47)53-21-10-11-22-57(53)62(58)49-18-8-3-9-19-49;1-49(2)45-19-10-9-18-43(45)44-29-28-42(31-46(44)49)52(40-26-24-37(25-27-40)35-14-7-4-8-15-35)41-17-11-16-39(30-41)48-32-47(50-33-51-48)38-22-20-36(21-23-38)34-12-5-3-6-13-34/h1-40H;3-33H,1-2H3. The summed E-state index contributed by atoms with van der Waals surface area (Å²) in [6, 6.07) is 149. The van der Waals surface area contributed by atoms with Crippen LogP contribution in [0.2, 0.25) is 0 Å². The van der Waals surface area contributed by atoms with Gasteiger partial charge in [-0.05, 0) is 193 Å². The number of hydrogen-bond donors (Lipinski definition) is 0. The maximum atomic E-state index is 4.76. The minimum Gasteiger partial charge on any atom is -0.310 e. The van der Waals surface area contributed by atoms with Gasteiger partial charge in [-0.25, -0.2) is 19.9 Å². The lowest BCUT2D eigenvalue weighted by Crippen LogP contribution is -2.16. The highest BCUT2D eigenvalue weighted by atomic mass is 15.1. The molecule has 0 fully saturated rings. The van der Waals surface area contributed by atoms with Crippen molar-refractivity contribution < 1.29 is 0 Å². The maximum Gasteiger partial charge on any atom is 0.116 e. The zero-order valence-corrected chi connectivity index (χ0v) is 63.1. The predicted molar refractivity (Wildman–Crippen MR) is 474 cm³/mol. The van der Waals surface area contributed by atoms with E-state index in [1.165, 1.54) is 94.1 Å². The molecule has 1 aliphatic rings. The van der Waals surface area contributed by atoms with Gasteiger partial charge in [0.1, 0.15) is 12.7 Å². The highest BCUT2D eigenvalue weighted by Crippen LogP contribution is 2.51. The molecule has 0 spiro atoms. The van der Waals surface area contributed by atoms with E-state index in [0.717, 1.165) is 90.4 Å². The van der Waals surface area contributed by atoms with Crippen molar-refractivity contribution in [2.24, 2.45) is 0 Å². The number of hydrogen-bond acceptors (Lipinski definition) is 6. The van der Waals surface area contributed by atoms with Crippen molar-refractivity contribution >= 4 is 55.9 Å². The summed E-state index contributed by atoms with van der Waals surface area (Å²) in [6.45, 7) is 4.67. The largest absolute Gasteiger partial charge is 0.310 e. The van der Waals surface area contributed by atoms with E-state index in [2.05, 4.69) is 445 Å². The summed E-state index contributed by atoms with van der Waals surface area (Å²) < 4.78 is 2.36. The van der Waals surface area contributed by atoms with Crippen LogP contribution in [0.25, 0.3) is 139 Å². The fourth-order valence-corrected chi connectivity index (χ4v) is 16.3. The Morgan fingerprint density at radius 1 is 0.211 bits per heavy atom. The predicted octanol–water partition coefficient (Wildman–Crippen LogP) is 28.3. The molecule has 0 saturated carbocycles. The summed E-state index contributed by atoms with van der Waals surface area (Å²) in [5.74, 6) is 0. The van der Waals surface area contributed by atoms with Crippen LogP contribution in [0.15, 0.2) is 431 Å². The molecule has 0 aliphatic heterocycles. The molecular formula is C107H77N7. The van der Waals surface area contributed by atoms with E-state index in [9.17, 15) is 0 Å². The normalized spacial score (nSPS) is 11.8. The molecular weight excluding hydrogens is 1380 g/mol. The third-order valence-electron chi connectivity index (χ3n) is 22.1. The summed E-state index contributed by atoms with van der Waals surface area (Å²) in [5, 5.41) is 2.48. The maximum absolute atomic E-state index is 4.76. The lowest BCUT2D eigenvalue weighted by Gasteiger charge is -2.28. The second-order valence-electron chi connectivity index (χ2n) is 29.4. The van der Waals surface area contributed by atoms with Gasteiger partial charge in [0.2, 0.25) is 0 Å². The molecule has 540 valence electrons. The van der Waals surface area contributed by atoms with Crippen LogP contribution in [-0.4, -0.2) is 24.5 Å². The Balaban J connectivity index is 0.000000155. The molecule has 0 bridgehead atoms.